The number of carbonyl (C=O) groups is 8. The molecular weight excluding hydrogens is 720 g/mol. The van der Waals surface area contributed by atoms with Gasteiger partial charge in [0.1, 0.15) is 31.3 Å². The van der Waals surface area contributed by atoms with E-state index in [1.807, 2.05) is 35.8 Å². The summed E-state index contributed by atoms with van der Waals surface area (Å²) >= 11 is 0. The van der Waals surface area contributed by atoms with Crippen LogP contribution in [-0.2, 0) is 51.3 Å². The highest BCUT2D eigenvalue weighted by Crippen LogP contribution is 2.11. The van der Waals surface area contributed by atoms with Crippen molar-refractivity contribution in [2.75, 3.05) is 13.1 Å². The van der Waals surface area contributed by atoms with Gasteiger partial charge in [-0.15, -0.1) is 0 Å². The summed E-state index contributed by atoms with van der Waals surface area (Å²) in [5.74, 6) is -8.43. The number of carboxylic acids is 2. The maximum absolute atomic E-state index is 13.5. The lowest BCUT2D eigenvalue weighted by atomic mass is 9.97. The van der Waals surface area contributed by atoms with Crippen molar-refractivity contribution < 1.29 is 58.4 Å². The number of benzene rings is 2. The van der Waals surface area contributed by atoms with Crippen molar-refractivity contribution in [3.05, 3.63) is 83.9 Å². The molecule has 0 radical (unpaired) electrons. The predicted octanol–water partition coefficient (Wildman–Crippen LogP) is 0.402. The van der Waals surface area contributed by atoms with E-state index < -0.39 is 97.1 Å². The molecule has 0 aliphatic heterocycles. The molecule has 2 rings (SSSR count). The van der Waals surface area contributed by atoms with Crippen LogP contribution in [0.25, 0.3) is 0 Å². The summed E-state index contributed by atoms with van der Waals surface area (Å²) in [4.78, 5) is 101. The SMILES string of the molecule is CC[C@H](C)[C@H](NC(=O)OCc1ccccc1)C(=O)N[C@@H](CCC(=O)O)C(=O)N[C@H](C(=O)NN(CC(=O)O)C(=O)/C=C/C(=O)NCCc1ccccc1)[C@@H](C)O. The number of hydrogen-bond acceptors (Lipinski definition) is 10. The van der Waals surface area contributed by atoms with E-state index in [2.05, 4.69) is 21.3 Å². The molecule has 8 N–H and O–H groups in total. The van der Waals surface area contributed by atoms with E-state index in [4.69, 9.17) is 4.74 Å². The number of amides is 6. The van der Waals surface area contributed by atoms with Gasteiger partial charge in [-0.05, 0) is 36.8 Å². The number of rotatable bonds is 21. The van der Waals surface area contributed by atoms with Crippen LogP contribution in [0.1, 0.15) is 51.2 Å². The average molecular weight is 769 g/mol. The van der Waals surface area contributed by atoms with Gasteiger partial charge >= 0.3 is 18.0 Å². The molecule has 0 heterocycles. The molecule has 2 aromatic rings. The van der Waals surface area contributed by atoms with Crippen LogP contribution < -0.4 is 26.7 Å². The molecular formula is C37H48N6O12. The Hall–Kier alpha value is -6.30. The summed E-state index contributed by atoms with van der Waals surface area (Å²) in [7, 11) is 0. The fourth-order valence-electron chi connectivity index (χ4n) is 4.83. The van der Waals surface area contributed by atoms with Gasteiger partial charge in [0.05, 0.1) is 6.10 Å². The lowest BCUT2D eigenvalue weighted by molar-refractivity contribution is -0.149. The van der Waals surface area contributed by atoms with Crippen LogP contribution in [0.3, 0.4) is 0 Å². The Labute approximate surface area is 317 Å². The maximum atomic E-state index is 13.5. The van der Waals surface area contributed by atoms with Crippen LogP contribution >= 0.6 is 0 Å². The van der Waals surface area contributed by atoms with Crippen molar-refractivity contribution >= 4 is 47.6 Å². The minimum Gasteiger partial charge on any atom is -0.481 e. The van der Waals surface area contributed by atoms with Gasteiger partial charge in [0.2, 0.25) is 17.7 Å². The molecule has 0 saturated heterocycles. The molecule has 0 spiro atoms. The summed E-state index contributed by atoms with van der Waals surface area (Å²) in [6, 6.07) is 13.3. The molecule has 0 unspecified atom stereocenters. The number of carboxylic acid groups (broad SMARTS) is 2. The molecule has 18 nitrogen and oxygen atoms in total. The van der Waals surface area contributed by atoms with Crippen LogP contribution in [-0.4, -0.2) is 105 Å². The molecule has 0 fully saturated rings. The Morgan fingerprint density at radius 1 is 0.764 bits per heavy atom. The fourth-order valence-corrected chi connectivity index (χ4v) is 4.83. The Bertz CT molecular complexity index is 1650. The number of aliphatic hydroxyl groups excluding tert-OH is 1. The van der Waals surface area contributed by atoms with Crippen LogP contribution in [0.2, 0.25) is 0 Å². The van der Waals surface area contributed by atoms with Crippen LogP contribution in [0, 0.1) is 5.92 Å². The van der Waals surface area contributed by atoms with Crippen LogP contribution in [0.5, 0.6) is 0 Å². The third-order valence-corrected chi connectivity index (χ3v) is 8.06. The number of alkyl carbamates (subject to hydrolysis) is 1. The van der Waals surface area contributed by atoms with Crippen molar-refractivity contribution in [2.24, 2.45) is 5.92 Å². The van der Waals surface area contributed by atoms with E-state index in [0.717, 1.165) is 18.6 Å². The van der Waals surface area contributed by atoms with Crippen molar-refractivity contribution in [3.63, 3.8) is 0 Å². The van der Waals surface area contributed by atoms with E-state index in [-0.39, 0.29) is 13.2 Å². The zero-order valence-corrected chi connectivity index (χ0v) is 30.7. The molecule has 2 aromatic carbocycles. The molecule has 5 atom stereocenters. The summed E-state index contributed by atoms with van der Waals surface area (Å²) < 4.78 is 5.22. The molecule has 6 amide bonds. The fraction of sp³-hybridized carbons (Fsp3) is 0.405. The Morgan fingerprint density at radius 3 is 1.95 bits per heavy atom. The largest absolute Gasteiger partial charge is 0.481 e. The standard InChI is InChI=1S/C37H48N6O12/c1-4-23(2)32(41-37(54)55-22-26-13-9-6-10-14-26)35(52)39-27(15-18-30(47)48)34(51)40-33(24(3)44)36(53)42-43(21-31(49)50)29(46)17-16-28(45)38-20-19-25-11-7-5-8-12-25/h5-14,16-17,23-24,27,32-33,44H,4,15,18-22H2,1-3H3,(H,38,45)(H,39,52)(H,40,51)(H,41,54)(H,42,53)(H,47,48)(H,49,50)/b17-16+/t23-,24+,27-,32-,33-/m0/s1. The van der Waals surface area contributed by atoms with Crippen molar-refractivity contribution in [2.45, 2.75) is 77.3 Å². The predicted molar refractivity (Wildman–Crippen MR) is 195 cm³/mol. The third-order valence-electron chi connectivity index (χ3n) is 8.06. The number of carbonyl (C=O) groups excluding carboxylic acids is 6. The van der Waals surface area contributed by atoms with Gasteiger partial charge in [0.25, 0.3) is 11.8 Å². The number of aliphatic carboxylic acids is 2. The molecule has 55 heavy (non-hydrogen) atoms. The van der Waals surface area contributed by atoms with Gasteiger partial charge in [-0.3, -0.25) is 39.0 Å². The lowest BCUT2D eigenvalue weighted by Gasteiger charge is -2.29. The highest BCUT2D eigenvalue weighted by atomic mass is 16.5. The lowest BCUT2D eigenvalue weighted by Crippen LogP contribution is -2.61. The number of nitrogens with one attached hydrogen (secondary N) is 5. The van der Waals surface area contributed by atoms with Gasteiger partial charge in [-0.1, -0.05) is 80.9 Å². The number of aliphatic hydroxyl groups is 1. The minimum absolute atomic E-state index is 0.0930. The summed E-state index contributed by atoms with van der Waals surface area (Å²) in [6.45, 7) is 3.56. The smallest absolute Gasteiger partial charge is 0.408 e. The number of hydrogen-bond donors (Lipinski definition) is 8. The first-order chi connectivity index (χ1) is 26.1. The van der Waals surface area contributed by atoms with E-state index in [1.54, 1.807) is 44.2 Å². The summed E-state index contributed by atoms with van der Waals surface area (Å²) in [6.07, 6.45) is -1.24. The molecule has 0 bridgehead atoms. The summed E-state index contributed by atoms with van der Waals surface area (Å²) in [5.41, 5.74) is 3.65. The van der Waals surface area contributed by atoms with Gasteiger partial charge in [0.15, 0.2) is 0 Å². The van der Waals surface area contributed by atoms with Crippen LogP contribution in [0.15, 0.2) is 72.8 Å². The van der Waals surface area contributed by atoms with Gasteiger partial charge in [0, 0.05) is 25.1 Å². The number of hydrazine groups is 1. The van der Waals surface area contributed by atoms with E-state index >= 15 is 0 Å². The number of ether oxygens (including phenoxy) is 1. The van der Waals surface area contributed by atoms with E-state index in [9.17, 15) is 53.7 Å². The Morgan fingerprint density at radius 2 is 1.38 bits per heavy atom. The van der Waals surface area contributed by atoms with Crippen molar-refractivity contribution in [1.82, 2.24) is 31.7 Å². The van der Waals surface area contributed by atoms with Gasteiger partial charge < -0.3 is 41.3 Å². The highest BCUT2D eigenvalue weighted by molar-refractivity contribution is 5.99. The van der Waals surface area contributed by atoms with Gasteiger partial charge in [-0.25, -0.2) is 9.80 Å². The van der Waals surface area contributed by atoms with E-state index in [0.29, 0.717) is 29.5 Å². The molecule has 0 aromatic heterocycles. The van der Waals surface area contributed by atoms with Crippen molar-refractivity contribution in [1.29, 1.82) is 0 Å². The second-order valence-electron chi connectivity index (χ2n) is 12.4. The quantitative estimate of drug-likeness (QED) is 0.0634. The first kappa shape index (κ1) is 44.9. The minimum atomic E-state index is -1.86. The first-order valence-electron chi connectivity index (χ1n) is 17.4. The maximum Gasteiger partial charge on any atom is 0.408 e. The molecule has 0 aliphatic rings. The molecule has 298 valence electrons. The second-order valence-corrected chi connectivity index (χ2v) is 12.4. The average Bonchev–Trinajstić information content (AvgIpc) is 3.15. The second kappa shape index (κ2) is 23.4. The van der Waals surface area contributed by atoms with Crippen LogP contribution in [0.4, 0.5) is 4.79 Å². The molecule has 0 aliphatic carbocycles. The first-order valence-corrected chi connectivity index (χ1v) is 17.4. The normalized spacial score (nSPS) is 13.5. The van der Waals surface area contributed by atoms with Gasteiger partial charge in [-0.2, -0.15) is 0 Å². The topological polar surface area (TPSA) is 270 Å². The van der Waals surface area contributed by atoms with Crippen molar-refractivity contribution in [3.8, 4) is 0 Å². The Balaban J connectivity index is 2.14. The zero-order valence-electron chi connectivity index (χ0n) is 30.7. The monoisotopic (exact) mass is 768 g/mol. The highest BCUT2D eigenvalue weighted by Gasteiger charge is 2.34. The molecule has 0 saturated carbocycles. The summed E-state index contributed by atoms with van der Waals surface area (Å²) in [5, 5.41) is 39.0. The molecule has 18 heteroatoms. The Kier molecular flexibility index (Phi) is 19.1. The third kappa shape index (κ3) is 16.9. The zero-order chi connectivity index (χ0) is 40.9. The number of nitrogens with zero attached hydrogens (tertiary/aromatic N) is 1. The van der Waals surface area contributed by atoms with E-state index in [1.165, 1.54) is 0 Å².